The topological polar surface area (TPSA) is 15.3 Å². The second-order valence-electron chi connectivity index (χ2n) is 3.04. The van der Waals surface area contributed by atoms with Crippen LogP contribution in [0, 0.1) is 0 Å². The Labute approximate surface area is 63.6 Å². The van der Waals surface area contributed by atoms with Gasteiger partial charge in [0.25, 0.3) is 0 Å². The van der Waals surface area contributed by atoms with Crippen LogP contribution in [0.5, 0.6) is 0 Å². The van der Waals surface area contributed by atoms with Gasteiger partial charge >= 0.3 is 0 Å². The van der Waals surface area contributed by atoms with E-state index in [1.54, 1.807) is 0 Å². The summed E-state index contributed by atoms with van der Waals surface area (Å²) in [5, 5.41) is 3.42. The molecule has 60 valence electrons. The molecule has 1 N–H and O–H groups in total. The van der Waals surface area contributed by atoms with Crippen LogP contribution < -0.4 is 5.32 Å². The summed E-state index contributed by atoms with van der Waals surface area (Å²) in [6.07, 6.45) is 1.30. The van der Waals surface area contributed by atoms with Crippen LogP contribution in [0.15, 0.2) is 0 Å². The van der Waals surface area contributed by atoms with E-state index in [1.165, 1.54) is 26.1 Å². The van der Waals surface area contributed by atoms with Crippen molar-refractivity contribution in [2.45, 2.75) is 26.3 Å². The smallest absolute Gasteiger partial charge is 0.0192 e. The van der Waals surface area contributed by atoms with Crippen molar-refractivity contribution in [3.63, 3.8) is 0 Å². The molecule has 0 aromatic carbocycles. The van der Waals surface area contributed by atoms with Crippen molar-refractivity contribution < 1.29 is 0 Å². The number of rotatable bonds is 1. The summed E-state index contributed by atoms with van der Waals surface area (Å²) < 4.78 is 0. The number of hydrogen-bond acceptors (Lipinski definition) is 2. The minimum atomic E-state index is 0.729. The van der Waals surface area contributed by atoms with Gasteiger partial charge in [0.1, 0.15) is 0 Å². The number of nitrogens with zero attached hydrogens (tertiary/aromatic N) is 1. The van der Waals surface area contributed by atoms with Gasteiger partial charge in [-0.3, -0.25) is 4.90 Å². The second-order valence-corrected chi connectivity index (χ2v) is 3.04. The van der Waals surface area contributed by atoms with Crippen molar-refractivity contribution in [2.75, 3.05) is 26.2 Å². The van der Waals surface area contributed by atoms with Gasteiger partial charge in [0.15, 0.2) is 0 Å². The van der Waals surface area contributed by atoms with Crippen molar-refractivity contribution in [1.29, 1.82) is 0 Å². The fraction of sp³-hybridized carbons (Fsp3) is 1.00. The maximum absolute atomic E-state index is 3.42. The van der Waals surface area contributed by atoms with E-state index in [9.17, 15) is 0 Å². The van der Waals surface area contributed by atoms with Crippen LogP contribution in [-0.2, 0) is 0 Å². The van der Waals surface area contributed by atoms with E-state index in [2.05, 4.69) is 24.1 Å². The Kier molecular flexibility index (Phi) is 3.16. The van der Waals surface area contributed by atoms with E-state index in [1.807, 2.05) is 0 Å². The Morgan fingerprint density at radius 2 is 2.40 bits per heavy atom. The molecular formula is C8H18N2. The van der Waals surface area contributed by atoms with Crippen molar-refractivity contribution in [3.05, 3.63) is 0 Å². The summed E-state index contributed by atoms with van der Waals surface area (Å²) in [6, 6.07) is 0.729. The van der Waals surface area contributed by atoms with Gasteiger partial charge in [0, 0.05) is 12.6 Å². The third-order valence-corrected chi connectivity index (χ3v) is 2.27. The standard InChI is InChI=1S/C8H18N2/c1-3-10-6-4-5-9-7-8(10)2/h8-9H,3-7H2,1-2H3/t8-/m1/s1. The molecule has 1 saturated heterocycles. The Bertz CT molecular complexity index is 93.3. The molecule has 1 aliphatic heterocycles. The second kappa shape index (κ2) is 3.94. The molecular weight excluding hydrogens is 124 g/mol. The van der Waals surface area contributed by atoms with E-state index in [-0.39, 0.29) is 0 Å². The quantitative estimate of drug-likeness (QED) is 0.579. The molecule has 0 saturated carbocycles. The van der Waals surface area contributed by atoms with E-state index in [4.69, 9.17) is 0 Å². The molecule has 0 spiro atoms. The predicted molar refractivity (Wildman–Crippen MR) is 44.2 cm³/mol. The highest BCUT2D eigenvalue weighted by Crippen LogP contribution is 2.01. The maximum atomic E-state index is 3.42. The first-order valence-corrected chi connectivity index (χ1v) is 4.29. The van der Waals surface area contributed by atoms with Crippen LogP contribution in [0.1, 0.15) is 20.3 Å². The molecule has 10 heavy (non-hydrogen) atoms. The van der Waals surface area contributed by atoms with Crippen molar-refractivity contribution in [2.24, 2.45) is 0 Å². The SMILES string of the molecule is CCN1CCCNC[C@H]1C. The normalized spacial score (nSPS) is 30.0. The number of nitrogens with one attached hydrogen (secondary N) is 1. The lowest BCUT2D eigenvalue weighted by atomic mass is 10.3. The Hall–Kier alpha value is -0.0800. The summed E-state index contributed by atoms with van der Waals surface area (Å²) in [4.78, 5) is 2.53. The number of likely N-dealkylation sites (N-methyl/N-ethyl adjacent to an activating group) is 1. The Morgan fingerprint density at radius 3 is 3.10 bits per heavy atom. The van der Waals surface area contributed by atoms with Gasteiger partial charge in [-0.2, -0.15) is 0 Å². The molecule has 1 rings (SSSR count). The predicted octanol–water partition coefficient (Wildman–Crippen LogP) is 0.690. The molecule has 2 nitrogen and oxygen atoms in total. The molecule has 0 radical (unpaired) electrons. The highest BCUT2D eigenvalue weighted by Gasteiger charge is 2.13. The van der Waals surface area contributed by atoms with Gasteiger partial charge < -0.3 is 5.32 Å². The third-order valence-electron chi connectivity index (χ3n) is 2.27. The first-order chi connectivity index (χ1) is 4.84. The summed E-state index contributed by atoms with van der Waals surface area (Å²) >= 11 is 0. The zero-order chi connectivity index (χ0) is 7.40. The monoisotopic (exact) mass is 142 g/mol. The molecule has 1 fully saturated rings. The van der Waals surface area contributed by atoms with Crippen LogP contribution in [-0.4, -0.2) is 37.1 Å². The first-order valence-electron chi connectivity index (χ1n) is 4.29. The van der Waals surface area contributed by atoms with Crippen LogP contribution >= 0.6 is 0 Å². The summed E-state index contributed by atoms with van der Waals surface area (Å²) in [7, 11) is 0. The first kappa shape index (κ1) is 8.02. The van der Waals surface area contributed by atoms with Gasteiger partial charge in [-0.05, 0) is 33.0 Å². The molecule has 0 bridgehead atoms. The van der Waals surface area contributed by atoms with Gasteiger partial charge in [-0.15, -0.1) is 0 Å². The number of hydrogen-bond donors (Lipinski definition) is 1. The highest BCUT2D eigenvalue weighted by atomic mass is 15.2. The Morgan fingerprint density at radius 1 is 1.60 bits per heavy atom. The molecule has 2 heteroatoms. The van der Waals surface area contributed by atoms with Gasteiger partial charge in [0.2, 0.25) is 0 Å². The molecule has 0 aliphatic carbocycles. The van der Waals surface area contributed by atoms with Crippen molar-refractivity contribution >= 4 is 0 Å². The molecule has 1 atom stereocenters. The van der Waals surface area contributed by atoms with E-state index in [0.29, 0.717) is 0 Å². The molecule has 0 amide bonds. The molecule has 0 unspecified atom stereocenters. The lowest BCUT2D eigenvalue weighted by molar-refractivity contribution is 0.235. The van der Waals surface area contributed by atoms with E-state index in [0.717, 1.165) is 12.6 Å². The largest absolute Gasteiger partial charge is 0.315 e. The summed E-state index contributed by atoms with van der Waals surface area (Å²) in [5.74, 6) is 0. The minimum absolute atomic E-state index is 0.729. The summed E-state index contributed by atoms with van der Waals surface area (Å²) in [5.41, 5.74) is 0. The van der Waals surface area contributed by atoms with Crippen LogP contribution in [0.4, 0.5) is 0 Å². The lowest BCUT2D eigenvalue weighted by Gasteiger charge is -2.24. The summed E-state index contributed by atoms with van der Waals surface area (Å²) in [6.45, 7) is 9.35. The average molecular weight is 142 g/mol. The minimum Gasteiger partial charge on any atom is -0.315 e. The molecule has 1 aliphatic rings. The van der Waals surface area contributed by atoms with Crippen LogP contribution in [0.3, 0.4) is 0 Å². The van der Waals surface area contributed by atoms with E-state index < -0.39 is 0 Å². The average Bonchev–Trinajstić information content (AvgIpc) is 2.13. The van der Waals surface area contributed by atoms with Crippen molar-refractivity contribution in [3.8, 4) is 0 Å². The maximum Gasteiger partial charge on any atom is 0.0192 e. The molecule has 0 aromatic heterocycles. The fourth-order valence-corrected chi connectivity index (χ4v) is 1.54. The van der Waals surface area contributed by atoms with E-state index >= 15 is 0 Å². The molecule has 0 aromatic rings. The highest BCUT2D eigenvalue weighted by molar-refractivity contribution is 4.72. The fourth-order valence-electron chi connectivity index (χ4n) is 1.54. The third kappa shape index (κ3) is 1.96. The van der Waals surface area contributed by atoms with Crippen LogP contribution in [0.25, 0.3) is 0 Å². The lowest BCUT2D eigenvalue weighted by Crippen LogP contribution is -2.36. The van der Waals surface area contributed by atoms with Crippen molar-refractivity contribution in [1.82, 2.24) is 10.2 Å². The van der Waals surface area contributed by atoms with Crippen LogP contribution in [0.2, 0.25) is 0 Å². The zero-order valence-electron chi connectivity index (χ0n) is 7.06. The van der Waals surface area contributed by atoms with Gasteiger partial charge in [-0.1, -0.05) is 6.92 Å². The zero-order valence-corrected chi connectivity index (χ0v) is 7.06. The molecule has 1 heterocycles. The van der Waals surface area contributed by atoms with Gasteiger partial charge in [0.05, 0.1) is 0 Å². The Balaban J connectivity index is 2.35. The van der Waals surface area contributed by atoms with Gasteiger partial charge in [-0.25, -0.2) is 0 Å².